The molecule has 0 fully saturated rings. The van der Waals surface area contributed by atoms with Gasteiger partial charge in [-0.25, -0.2) is 0 Å². The molecule has 0 aromatic rings. The molecule has 0 rings (SSSR count). The topological polar surface area (TPSA) is 32.3 Å². The van der Waals surface area contributed by atoms with Crippen molar-refractivity contribution >= 4 is 23.2 Å². The zero-order valence-corrected chi connectivity index (χ0v) is 10.1. The van der Waals surface area contributed by atoms with E-state index in [1.165, 1.54) is 5.54 Å². The Labute approximate surface area is 96.3 Å². The molecule has 0 aromatic heterocycles. The number of rotatable bonds is 8. The molecule has 4 heteroatoms. The van der Waals surface area contributed by atoms with Crippen molar-refractivity contribution in [2.45, 2.75) is 26.2 Å². The second-order valence-corrected chi connectivity index (χ2v) is 4.06. The summed E-state index contributed by atoms with van der Waals surface area (Å²) >= 11 is 11.1. The summed E-state index contributed by atoms with van der Waals surface area (Å²) in [6.45, 7) is 3.90. The SMILES string of the molecule is CCCC(CCO)CNCC(Cl)=CCl. The molecule has 84 valence electrons. The minimum atomic E-state index is 0.255. The Hall–Kier alpha value is 0.240. The molecule has 0 heterocycles. The second kappa shape index (κ2) is 9.78. The monoisotopic (exact) mass is 239 g/mol. The van der Waals surface area contributed by atoms with Gasteiger partial charge in [-0.1, -0.05) is 36.5 Å². The normalized spacial score (nSPS) is 14.4. The Morgan fingerprint density at radius 1 is 1.50 bits per heavy atom. The molecule has 0 aliphatic heterocycles. The first kappa shape index (κ1) is 14.2. The number of hydrogen-bond donors (Lipinski definition) is 2. The predicted octanol–water partition coefficient (Wildman–Crippen LogP) is 2.69. The Kier molecular flexibility index (Phi) is 9.95. The van der Waals surface area contributed by atoms with E-state index < -0.39 is 0 Å². The van der Waals surface area contributed by atoms with Crippen molar-refractivity contribution in [3.05, 3.63) is 10.6 Å². The summed E-state index contributed by atoms with van der Waals surface area (Å²) in [5.74, 6) is 0.532. The van der Waals surface area contributed by atoms with E-state index in [1.54, 1.807) is 0 Å². The van der Waals surface area contributed by atoms with Crippen LogP contribution < -0.4 is 5.32 Å². The quantitative estimate of drug-likeness (QED) is 0.683. The molecule has 0 amide bonds. The number of aliphatic hydroxyl groups excluding tert-OH is 1. The number of hydrogen-bond acceptors (Lipinski definition) is 2. The van der Waals surface area contributed by atoms with Crippen molar-refractivity contribution in [1.82, 2.24) is 5.32 Å². The number of aliphatic hydroxyl groups is 1. The van der Waals surface area contributed by atoms with E-state index in [4.69, 9.17) is 28.3 Å². The van der Waals surface area contributed by atoms with Crippen LogP contribution in [-0.2, 0) is 0 Å². The van der Waals surface area contributed by atoms with Crippen LogP contribution in [0.15, 0.2) is 10.6 Å². The maximum atomic E-state index is 8.83. The third-order valence-corrected chi connectivity index (χ3v) is 2.70. The summed E-state index contributed by atoms with van der Waals surface area (Å²) in [5.41, 5.74) is 1.37. The molecular formula is C10H19Cl2NO. The lowest BCUT2D eigenvalue weighted by molar-refractivity contribution is 0.249. The van der Waals surface area contributed by atoms with Crippen molar-refractivity contribution in [1.29, 1.82) is 0 Å². The summed E-state index contributed by atoms with van der Waals surface area (Å²) in [6.07, 6.45) is 3.13. The van der Waals surface area contributed by atoms with Crippen LogP contribution in [0, 0.1) is 5.92 Å². The Balaban J connectivity index is 3.59. The molecule has 0 bridgehead atoms. The van der Waals surface area contributed by atoms with E-state index in [9.17, 15) is 0 Å². The summed E-state index contributed by atoms with van der Waals surface area (Å²) in [5, 5.41) is 12.7. The van der Waals surface area contributed by atoms with Crippen molar-refractivity contribution < 1.29 is 5.11 Å². The summed E-state index contributed by atoms with van der Waals surface area (Å²) in [4.78, 5) is 0. The smallest absolute Gasteiger partial charge is 0.0434 e. The van der Waals surface area contributed by atoms with Crippen LogP contribution in [0.25, 0.3) is 0 Å². The minimum absolute atomic E-state index is 0.255. The lowest BCUT2D eigenvalue weighted by Crippen LogP contribution is -2.24. The summed E-state index contributed by atoms with van der Waals surface area (Å²) in [7, 11) is 0. The summed E-state index contributed by atoms with van der Waals surface area (Å²) < 4.78 is 0. The highest BCUT2D eigenvalue weighted by atomic mass is 35.5. The van der Waals surface area contributed by atoms with Gasteiger partial charge in [0.2, 0.25) is 0 Å². The van der Waals surface area contributed by atoms with Crippen LogP contribution in [-0.4, -0.2) is 24.8 Å². The molecule has 0 aliphatic carbocycles. The van der Waals surface area contributed by atoms with Crippen LogP contribution in [0.3, 0.4) is 0 Å². The molecule has 2 nitrogen and oxygen atoms in total. The molecule has 2 N–H and O–H groups in total. The van der Waals surface area contributed by atoms with Gasteiger partial charge >= 0.3 is 0 Å². The molecule has 0 saturated heterocycles. The third-order valence-electron chi connectivity index (χ3n) is 2.08. The van der Waals surface area contributed by atoms with Crippen molar-refractivity contribution in [2.24, 2.45) is 5.92 Å². The van der Waals surface area contributed by atoms with Crippen LogP contribution in [0.5, 0.6) is 0 Å². The van der Waals surface area contributed by atoms with Crippen molar-refractivity contribution in [3.63, 3.8) is 0 Å². The molecule has 1 atom stereocenters. The second-order valence-electron chi connectivity index (χ2n) is 3.35. The van der Waals surface area contributed by atoms with Gasteiger partial charge in [0.15, 0.2) is 0 Å². The van der Waals surface area contributed by atoms with Gasteiger partial charge in [0.25, 0.3) is 0 Å². The van der Waals surface area contributed by atoms with Gasteiger partial charge in [0.1, 0.15) is 0 Å². The first-order valence-corrected chi connectivity index (χ1v) is 5.82. The van der Waals surface area contributed by atoms with E-state index in [1.807, 2.05) is 0 Å². The van der Waals surface area contributed by atoms with Crippen LogP contribution in [0.2, 0.25) is 0 Å². The van der Waals surface area contributed by atoms with E-state index in [-0.39, 0.29) is 6.61 Å². The molecule has 0 aliphatic rings. The Morgan fingerprint density at radius 2 is 2.21 bits per heavy atom. The lowest BCUT2D eigenvalue weighted by atomic mass is 10.0. The molecular weight excluding hydrogens is 221 g/mol. The average molecular weight is 240 g/mol. The van der Waals surface area contributed by atoms with Crippen LogP contribution >= 0.6 is 23.2 Å². The average Bonchev–Trinajstić information content (AvgIpc) is 2.18. The standard InChI is InChI=1S/C10H19Cl2NO/c1-2-3-9(4-5-14)7-13-8-10(12)6-11/h6,9,13-14H,2-5,7-8H2,1H3. The molecule has 0 aromatic carbocycles. The van der Waals surface area contributed by atoms with Gasteiger partial charge in [0.05, 0.1) is 0 Å². The first-order chi connectivity index (χ1) is 6.74. The van der Waals surface area contributed by atoms with Gasteiger partial charge in [0, 0.05) is 23.7 Å². The maximum Gasteiger partial charge on any atom is 0.0434 e. The van der Waals surface area contributed by atoms with E-state index in [2.05, 4.69) is 12.2 Å². The number of halogens is 2. The molecule has 0 spiro atoms. The van der Waals surface area contributed by atoms with Gasteiger partial charge in [-0.15, -0.1) is 0 Å². The predicted molar refractivity (Wildman–Crippen MR) is 62.8 cm³/mol. The Morgan fingerprint density at radius 3 is 2.71 bits per heavy atom. The van der Waals surface area contributed by atoms with Crippen LogP contribution in [0.1, 0.15) is 26.2 Å². The highest BCUT2D eigenvalue weighted by Crippen LogP contribution is 2.09. The minimum Gasteiger partial charge on any atom is -0.396 e. The van der Waals surface area contributed by atoms with Crippen LogP contribution in [0.4, 0.5) is 0 Å². The molecule has 1 unspecified atom stereocenters. The van der Waals surface area contributed by atoms with E-state index >= 15 is 0 Å². The zero-order valence-electron chi connectivity index (χ0n) is 8.60. The highest BCUT2D eigenvalue weighted by molar-refractivity contribution is 6.36. The van der Waals surface area contributed by atoms with E-state index in [0.717, 1.165) is 25.8 Å². The Bertz CT molecular complexity index is 156. The summed E-state index contributed by atoms with van der Waals surface area (Å²) in [6, 6.07) is 0. The fraction of sp³-hybridized carbons (Fsp3) is 0.800. The molecule has 14 heavy (non-hydrogen) atoms. The first-order valence-electron chi connectivity index (χ1n) is 5.00. The van der Waals surface area contributed by atoms with Crippen molar-refractivity contribution in [3.8, 4) is 0 Å². The van der Waals surface area contributed by atoms with Crippen molar-refractivity contribution in [2.75, 3.05) is 19.7 Å². The highest BCUT2D eigenvalue weighted by Gasteiger charge is 2.06. The van der Waals surface area contributed by atoms with Gasteiger partial charge in [-0.2, -0.15) is 0 Å². The number of nitrogens with one attached hydrogen (secondary N) is 1. The molecule has 0 radical (unpaired) electrons. The zero-order chi connectivity index (χ0) is 10.8. The lowest BCUT2D eigenvalue weighted by Gasteiger charge is -2.15. The van der Waals surface area contributed by atoms with Gasteiger partial charge in [-0.3, -0.25) is 0 Å². The maximum absolute atomic E-state index is 8.83. The van der Waals surface area contributed by atoms with Gasteiger partial charge in [-0.05, 0) is 25.3 Å². The molecule has 0 saturated carbocycles. The fourth-order valence-electron chi connectivity index (χ4n) is 1.37. The van der Waals surface area contributed by atoms with E-state index in [0.29, 0.717) is 17.5 Å². The van der Waals surface area contributed by atoms with Gasteiger partial charge < -0.3 is 10.4 Å². The third kappa shape index (κ3) is 7.63. The fourth-order valence-corrected chi connectivity index (χ4v) is 1.55. The largest absolute Gasteiger partial charge is 0.396 e.